The van der Waals surface area contributed by atoms with Crippen LogP contribution in [0, 0.1) is 0 Å². The first-order chi connectivity index (χ1) is 5.17. The van der Waals surface area contributed by atoms with E-state index in [4.69, 9.17) is 5.90 Å². The SMILES string of the molecule is CC(C)(CON)c1ccc[nH]1. The molecular weight excluding hydrogens is 140 g/mol. The van der Waals surface area contributed by atoms with E-state index in [1.54, 1.807) is 0 Å². The number of rotatable bonds is 3. The van der Waals surface area contributed by atoms with Gasteiger partial charge in [-0.15, -0.1) is 0 Å². The Kier molecular flexibility index (Phi) is 2.31. The van der Waals surface area contributed by atoms with Crippen LogP contribution in [0.1, 0.15) is 19.5 Å². The lowest BCUT2D eigenvalue weighted by Crippen LogP contribution is -2.26. The molecule has 3 N–H and O–H groups in total. The molecule has 1 rings (SSSR count). The second-order valence-electron chi connectivity index (χ2n) is 3.28. The molecule has 3 nitrogen and oxygen atoms in total. The van der Waals surface area contributed by atoms with Crippen LogP contribution in [-0.2, 0) is 10.3 Å². The molecular formula is C8H14N2O. The van der Waals surface area contributed by atoms with Crippen LogP contribution in [0.2, 0.25) is 0 Å². The van der Waals surface area contributed by atoms with E-state index in [0.717, 1.165) is 5.69 Å². The smallest absolute Gasteiger partial charge is 0.0784 e. The molecule has 1 heterocycles. The summed E-state index contributed by atoms with van der Waals surface area (Å²) in [7, 11) is 0. The lowest BCUT2D eigenvalue weighted by molar-refractivity contribution is 0.0951. The van der Waals surface area contributed by atoms with Crippen LogP contribution >= 0.6 is 0 Å². The van der Waals surface area contributed by atoms with Crippen molar-refractivity contribution >= 4 is 0 Å². The van der Waals surface area contributed by atoms with Gasteiger partial charge in [-0.1, -0.05) is 13.8 Å². The molecule has 0 aliphatic carbocycles. The summed E-state index contributed by atoms with van der Waals surface area (Å²) in [6, 6.07) is 3.99. The molecule has 0 aliphatic heterocycles. The van der Waals surface area contributed by atoms with Gasteiger partial charge in [-0.05, 0) is 12.1 Å². The van der Waals surface area contributed by atoms with Crippen molar-refractivity contribution in [2.24, 2.45) is 5.90 Å². The minimum atomic E-state index is -0.0295. The van der Waals surface area contributed by atoms with Crippen molar-refractivity contribution in [2.75, 3.05) is 6.61 Å². The van der Waals surface area contributed by atoms with Crippen molar-refractivity contribution in [2.45, 2.75) is 19.3 Å². The molecule has 3 heteroatoms. The number of nitrogens with one attached hydrogen (secondary N) is 1. The average molecular weight is 154 g/mol. The quantitative estimate of drug-likeness (QED) is 0.642. The lowest BCUT2D eigenvalue weighted by Gasteiger charge is -2.21. The van der Waals surface area contributed by atoms with Gasteiger partial charge in [0.2, 0.25) is 0 Å². The number of nitrogens with two attached hydrogens (primary N) is 1. The zero-order valence-corrected chi connectivity index (χ0v) is 6.92. The third kappa shape index (κ3) is 1.82. The molecule has 0 unspecified atom stereocenters. The van der Waals surface area contributed by atoms with E-state index >= 15 is 0 Å². The molecule has 0 aromatic carbocycles. The van der Waals surface area contributed by atoms with E-state index in [1.807, 2.05) is 18.3 Å². The summed E-state index contributed by atoms with van der Waals surface area (Å²) in [6.07, 6.45) is 1.90. The van der Waals surface area contributed by atoms with E-state index in [0.29, 0.717) is 6.61 Å². The highest BCUT2D eigenvalue weighted by atomic mass is 16.6. The normalized spacial score (nSPS) is 11.9. The molecule has 0 atom stereocenters. The van der Waals surface area contributed by atoms with Crippen molar-refractivity contribution in [3.63, 3.8) is 0 Å². The van der Waals surface area contributed by atoms with Crippen LogP contribution < -0.4 is 5.90 Å². The predicted octanol–water partition coefficient (Wildman–Crippen LogP) is 1.18. The fourth-order valence-corrected chi connectivity index (χ4v) is 1.04. The molecule has 0 aliphatic rings. The maximum Gasteiger partial charge on any atom is 0.0784 e. The minimum absolute atomic E-state index is 0.0295. The first-order valence-corrected chi connectivity index (χ1v) is 3.62. The molecule has 0 saturated heterocycles. The van der Waals surface area contributed by atoms with E-state index in [-0.39, 0.29) is 5.41 Å². The van der Waals surface area contributed by atoms with Gasteiger partial charge in [-0.25, -0.2) is 5.90 Å². The molecule has 0 spiro atoms. The van der Waals surface area contributed by atoms with Crippen LogP contribution in [0.15, 0.2) is 18.3 Å². The Balaban J connectivity index is 2.73. The van der Waals surface area contributed by atoms with E-state index in [2.05, 4.69) is 23.7 Å². The van der Waals surface area contributed by atoms with Crippen molar-refractivity contribution < 1.29 is 4.84 Å². The van der Waals surface area contributed by atoms with Gasteiger partial charge >= 0.3 is 0 Å². The number of hydrogen-bond donors (Lipinski definition) is 2. The average Bonchev–Trinajstić information content (AvgIpc) is 2.37. The maximum atomic E-state index is 5.01. The monoisotopic (exact) mass is 154 g/mol. The molecule has 0 amide bonds. The van der Waals surface area contributed by atoms with Gasteiger partial charge in [0.05, 0.1) is 6.61 Å². The second kappa shape index (κ2) is 3.07. The largest absolute Gasteiger partial charge is 0.364 e. The molecule has 1 aromatic rings. The third-order valence-corrected chi connectivity index (χ3v) is 1.77. The van der Waals surface area contributed by atoms with Crippen LogP contribution in [-0.4, -0.2) is 11.6 Å². The summed E-state index contributed by atoms with van der Waals surface area (Å²) in [5.41, 5.74) is 1.11. The van der Waals surface area contributed by atoms with E-state index in [1.165, 1.54) is 0 Å². The van der Waals surface area contributed by atoms with Gasteiger partial charge in [0.1, 0.15) is 0 Å². The van der Waals surface area contributed by atoms with Gasteiger partial charge in [0.25, 0.3) is 0 Å². The fraction of sp³-hybridized carbons (Fsp3) is 0.500. The first kappa shape index (κ1) is 8.30. The van der Waals surface area contributed by atoms with Gasteiger partial charge in [-0.2, -0.15) is 0 Å². The van der Waals surface area contributed by atoms with Crippen molar-refractivity contribution in [3.8, 4) is 0 Å². The summed E-state index contributed by atoms with van der Waals surface area (Å²) in [5, 5.41) is 0. The van der Waals surface area contributed by atoms with Crippen molar-refractivity contribution in [3.05, 3.63) is 24.0 Å². The van der Waals surface area contributed by atoms with Gasteiger partial charge in [0, 0.05) is 17.3 Å². The summed E-state index contributed by atoms with van der Waals surface area (Å²) in [4.78, 5) is 7.74. The molecule has 1 aromatic heterocycles. The zero-order valence-electron chi connectivity index (χ0n) is 6.92. The van der Waals surface area contributed by atoms with Crippen molar-refractivity contribution in [1.82, 2.24) is 4.98 Å². The van der Waals surface area contributed by atoms with Crippen LogP contribution in [0.25, 0.3) is 0 Å². The standard InChI is InChI=1S/C8H14N2O/c1-8(2,6-11-9)7-4-3-5-10-7/h3-5,10H,6,9H2,1-2H3. The predicted molar refractivity (Wildman–Crippen MR) is 44.0 cm³/mol. The maximum absolute atomic E-state index is 5.01. The Morgan fingerprint density at radius 2 is 2.36 bits per heavy atom. The first-order valence-electron chi connectivity index (χ1n) is 3.62. The number of aromatic amines is 1. The third-order valence-electron chi connectivity index (χ3n) is 1.77. The molecule has 0 saturated carbocycles. The number of aromatic nitrogens is 1. The summed E-state index contributed by atoms with van der Waals surface area (Å²) in [6.45, 7) is 4.67. The van der Waals surface area contributed by atoms with Crippen LogP contribution in [0.4, 0.5) is 0 Å². The molecule has 0 bridgehead atoms. The summed E-state index contributed by atoms with van der Waals surface area (Å²) >= 11 is 0. The summed E-state index contributed by atoms with van der Waals surface area (Å²) < 4.78 is 0. The lowest BCUT2D eigenvalue weighted by atomic mass is 9.91. The van der Waals surface area contributed by atoms with Gasteiger partial charge < -0.3 is 9.82 Å². The van der Waals surface area contributed by atoms with Crippen LogP contribution in [0.5, 0.6) is 0 Å². The Morgan fingerprint density at radius 3 is 2.82 bits per heavy atom. The van der Waals surface area contributed by atoms with Gasteiger partial charge in [0.15, 0.2) is 0 Å². The zero-order chi connectivity index (χ0) is 8.32. The fourth-order valence-electron chi connectivity index (χ4n) is 1.04. The van der Waals surface area contributed by atoms with Crippen LogP contribution in [0.3, 0.4) is 0 Å². The van der Waals surface area contributed by atoms with E-state index in [9.17, 15) is 0 Å². The second-order valence-corrected chi connectivity index (χ2v) is 3.28. The molecule has 62 valence electrons. The summed E-state index contributed by atoms with van der Waals surface area (Å²) in [5.74, 6) is 5.01. The topological polar surface area (TPSA) is 51.0 Å². The number of H-pyrrole nitrogens is 1. The molecule has 0 radical (unpaired) electrons. The number of hydrogen-bond acceptors (Lipinski definition) is 2. The highest BCUT2D eigenvalue weighted by Gasteiger charge is 2.21. The van der Waals surface area contributed by atoms with E-state index < -0.39 is 0 Å². The van der Waals surface area contributed by atoms with Crippen molar-refractivity contribution in [1.29, 1.82) is 0 Å². The highest BCUT2D eigenvalue weighted by Crippen LogP contribution is 2.20. The Hall–Kier alpha value is -0.800. The Labute approximate surface area is 66.5 Å². The highest BCUT2D eigenvalue weighted by molar-refractivity contribution is 5.14. The minimum Gasteiger partial charge on any atom is -0.364 e. The Bertz CT molecular complexity index is 204. The molecule has 11 heavy (non-hydrogen) atoms. The Morgan fingerprint density at radius 1 is 1.64 bits per heavy atom. The van der Waals surface area contributed by atoms with Gasteiger partial charge in [-0.3, -0.25) is 0 Å². The molecule has 0 fully saturated rings.